The summed E-state index contributed by atoms with van der Waals surface area (Å²) in [5.74, 6) is 0.971. The van der Waals surface area contributed by atoms with Crippen molar-refractivity contribution in [1.82, 2.24) is 14.8 Å². The first-order valence-electron chi connectivity index (χ1n) is 6.75. The van der Waals surface area contributed by atoms with Crippen LogP contribution in [-0.4, -0.2) is 21.3 Å². The molecule has 1 saturated carbocycles. The van der Waals surface area contributed by atoms with E-state index in [1.54, 1.807) is 0 Å². The zero-order valence-electron chi connectivity index (χ0n) is 11.0. The average molecular weight is 274 g/mol. The molecule has 0 atom stereocenters. The van der Waals surface area contributed by atoms with Gasteiger partial charge in [0.2, 0.25) is 5.95 Å². The highest BCUT2D eigenvalue weighted by Gasteiger charge is 2.28. The first-order chi connectivity index (χ1) is 9.29. The van der Waals surface area contributed by atoms with Crippen molar-refractivity contribution in [2.75, 3.05) is 11.4 Å². The molecule has 0 saturated heterocycles. The van der Waals surface area contributed by atoms with Crippen molar-refractivity contribution >= 4 is 18.2 Å². The van der Waals surface area contributed by atoms with Gasteiger partial charge in [-0.15, -0.1) is 5.10 Å². The zero-order valence-corrected chi connectivity index (χ0v) is 11.9. The van der Waals surface area contributed by atoms with Gasteiger partial charge in [-0.2, -0.15) is 0 Å². The summed E-state index contributed by atoms with van der Waals surface area (Å²) < 4.78 is 2.91. The Bertz CT molecular complexity index is 597. The minimum Gasteiger partial charge on any atom is -0.337 e. The molecule has 0 aliphatic heterocycles. The SMILES string of the molecule is CCN(Cc1ccccc1)c1n[nH]c(=S)n1C1CC1. The summed E-state index contributed by atoms with van der Waals surface area (Å²) in [5, 5.41) is 7.35. The summed E-state index contributed by atoms with van der Waals surface area (Å²) in [4.78, 5) is 2.26. The second-order valence-electron chi connectivity index (χ2n) is 4.93. The van der Waals surface area contributed by atoms with Crippen LogP contribution in [0.1, 0.15) is 31.4 Å². The number of nitrogens with one attached hydrogen (secondary N) is 1. The van der Waals surface area contributed by atoms with Gasteiger partial charge in [-0.25, -0.2) is 5.10 Å². The van der Waals surface area contributed by atoms with Crippen LogP contribution < -0.4 is 4.90 Å². The molecular formula is C14H18N4S. The molecule has 0 spiro atoms. The van der Waals surface area contributed by atoms with E-state index in [0.29, 0.717) is 6.04 Å². The Morgan fingerprint density at radius 2 is 2.11 bits per heavy atom. The van der Waals surface area contributed by atoms with E-state index in [2.05, 4.69) is 50.9 Å². The molecule has 0 radical (unpaired) electrons. The van der Waals surface area contributed by atoms with Crippen LogP contribution in [-0.2, 0) is 6.54 Å². The Kier molecular flexibility index (Phi) is 3.38. The quantitative estimate of drug-likeness (QED) is 0.850. The van der Waals surface area contributed by atoms with E-state index < -0.39 is 0 Å². The standard InChI is InChI=1S/C14H18N4S/c1-2-17(10-11-6-4-3-5-7-11)13-15-16-14(19)18(13)12-8-9-12/h3-7,12H,2,8-10H2,1H3,(H,16,19). The highest BCUT2D eigenvalue weighted by molar-refractivity contribution is 7.71. The zero-order chi connectivity index (χ0) is 13.2. The maximum absolute atomic E-state index is 5.34. The van der Waals surface area contributed by atoms with Gasteiger partial charge in [0.25, 0.3) is 0 Å². The molecule has 1 aliphatic carbocycles. The number of nitrogens with zero attached hydrogens (tertiary/aromatic N) is 3. The van der Waals surface area contributed by atoms with Crippen LogP contribution in [0.5, 0.6) is 0 Å². The summed E-state index contributed by atoms with van der Waals surface area (Å²) in [5.41, 5.74) is 1.29. The molecule has 1 aromatic heterocycles. The van der Waals surface area contributed by atoms with Gasteiger partial charge >= 0.3 is 0 Å². The monoisotopic (exact) mass is 274 g/mol. The molecule has 3 rings (SSSR count). The predicted molar refractivity (Wildman–Crippen MR) is 78.8 cm³/mol. The van der Waals surface area contributed by atoms with Gasteiger partial charge in [-0.05, 0) is 37.5 Å². The van der Waals surface area contributed by atoms with Crippen LogP contribution in [0, 0.1) is 4.77 Å². The molecule has 0 amide bonds. The van der Waals surface area contributed by atoms with Crippen LogP contribution >= 0.6 is 12.2 Å². The maximum Gasteiger partial charge on any atom is 0.226 e. The topological polar surface area (TPSA) is 36.9 Å². The van der Waals surface area contributed by atoms with Crippen LogP contribution in [0.3, 0.4) is 0 Å². The molecular weight excluding hydrogens is 256 g/mol. The van der Waals surface area contributed by atoms with Gasteiger partial charge in [0.15, 0.2) is 4.77 Å². The third-order valence-electron chi connectivity index (χ3n) is 3.48. The normalized spacial score (nSPS) is 14.6. The molecule has 1 heterocycles. The fourth-order valence-corrected chi connectivity index (χ4v) is 2.59. The van der Waals surface area contributed by atoms with Crippen molar-refractivity contribution in [3.8, 4) is 0 Å². The second-order valence-corrected chi connectivity index (χ2v) is 5.32. The molecule has 1 aliphatic rings. The van der Waals surface area contributed by atoms with Crippen molar-refractivity contribution < 1.29 is 0 Å². The maximum atomic E-state index is 5.34. The summed E-state index contributed by atoms with van der Waals surface area (Å²) in [6.45, 7) is 3.93. The number of H-pyrrole nitrogens is 1. The van der Waals surface area contributed by atoms with Crippen LogP contribution in [0.4, 0.5) is 5.95 Å². The van der Waals surface area contributed by atoms with E-state index in [9.17, 15) is 0 Å². The number of aromatic amines is 1. The van der Waals surface area contributed by atoms with Crippen molar-refractivity contribution in [3.05, 3.63) is 40.7 Å². The molecule has 1 fully saturated rings. The van der Waals surface area contributed by atoms with Gasteiger partial charge in [-0.1, -0.05) is 30.3 Å². The van der Waals surface area contributed by atoms with E-state index in [1.165, 1.54) is 18.4 Å². The summed E-state index contributed by atoms with van der Waals surface area (Å²) in [6.07, 6.45) is 2.42. The van der Waals surface area contributed by atoms with Gasteiger partial charge in [0.05, 0.1) is 0 Å². The summed E-state index contributed by atoms with van der Waals surface area (Å²) >= 11 is 5.34. The number of aromatic nitrogens is 3. The third-order valence-corrected chi connectivity index (χ3v) is 3.77. The lowest BCUT2D eigenvalue weighted by Gasteiger charge is -2.22. The number of anilines is 1. The summed E-state index contributed by atoms with van der Waals surface area (Å²) in [6, 6.07) is 11.0. The van der Waals surface area contributed by atoms with E-state index in [1.807, 2.05) is 6.07 Å². The lowest BCUT2D eigenvalue weighted by atomic mass is 10.2. The largest absolute Gasteiger partial charge is 0.337 e. The lowest BCUT2D eigenvalue weighted by molar-refractivity contribution is 0.682. The third kappa shape index (κ3) is 2.56. The van der Waals surface area contributed by atoms with Crippen molar-refractivity contribution in [3.63, 3.8) is 0 Å². The van der Waals surface area contributed by atoms with Crippen LogP contribution in [0.15, 0.2) is 30.3 Å². The minimum absolute atomic E-state index is 0.547. The smallest absolute Gasteiger partial charge is 0.226 e. The van der Waals surface area contributed by atoms with Gasteiger partial charge in [0.1, 0.15) is 0 Å². The molecule has 2 aromatic rings. The first kappa shape index (κ1) is 12.4. The molecule has 0 unspecified atom stereocenters. The number of benzene rings is 1. The highest BCUT2D eigenvalue weighted by atomic mass is 32.1. The Labute approximate surface area is 118 Å². The van der Waals surface area contributed by atoms with Crippen molar-refractivity contribution in [2.45, 2.75) is 32.4 Å². The van der Waals surface area contributed by atoms with E-state index in [0.717, 1.165) is 23.8 Å². The van der Waals surface area contributed by atoms with Gasteiger partial charge in [-0.3, -0.25) is 4.57 Å². The first-order valence-corrected chi connectivity index (χ1v) is 7.16. The molecule has 100 valence electrons. The van der Waals surface area contributed by atoms with E-state index in [-0.39, 0.29) is 0 Å². The molecule has 5 heteroatoms. The van der Waals surface area contributed by atoms with Crippen LogP contribution in [0.2, 0.25) is 0 Å². The van der Waals surface area contributed by atoms with Gasteiger partial charge < -0.3 is 4.90 Å². The van der Waals surface area contributed by atoms with Crippen molar-refractivity contribution in [1.29, 1.82) is 0 Å². The molecule has 4 nitrogen and oxygen atoms in total. The predicted octanol–water partition coefficient (Wildman–Crippen LogP) is 3.30. The van der Waals surface area contributed by atoms with Crippen molar-refractivity contribution in [2.24, 2.45) is 0 Å². The second kappa shape index (κ2) is 5.17. The Balaban J connectivity index is 1.88. The van der Waals surface area contributed by atoms with Crippen LogP contribution in [0.25, 0.3) is 0 Å². The average Bonchev–Trinajstić information content (AvgIpc) is 3.20. The Morgan fingerprint density at radius 3 is 2.74 bits per heavy atom. The van der Waals surface area contributed by atoms with Gasteiger partial charge in [0, 0.05) is 19.1 Å². The Morgan fingerprint density at radius 1 is 1.37 bits per heavy atom. The minimum atomic E-state index is 0.547. The number of hydrogen-bond acceptors (Lipinski definition) is 3. The molecule has 0 bridgehead atoms. The molecule has 19 heavy (non-hydrogen) atoms. The fourth-order valence-electron chi connectivity index (χ4n) is 2.31. The fraction of sp³-hybridized carbons (Fsp3) is 0.429. The van der Waals surface area contributed by atoms with E-state index >= 15 is 0 Å². The van der Waals surface area contributed by atoms with E-state index in [4.69, 9.17) is 12.2 Å². The lowest BCUT2D eigenvalue weighted by Crippen LogP contribution is -2.25. The Hall–Kier alpha value is -1.62. The number of rotatable bonds is 5. The molecule has 1 aromatic carbocycles. The number of hydrogen-bond donors (Lipinski definition) is 1. The highest BCUT2D eigenvalue weighted by Crippen LogP contribution is 2.38. The summed E-state index contributed by atoms with van der Waals surface area (Å²) in [7, 11) is 0. The molecule has 1 N–H and O–H groups in total.